The number of aryl methyl sites for hydroxylation is 2. The zero-order valence-corrected chi connectivity index (χ0v) is 15.5. The fourth-order valence-electron chi connectivity index (χ4n) is 2.59. The van der Waals surface area contributed by atoms with Gasteiger partial charge in [-0.3, -0.25) is 10.2 Å². The summed E-state index contributed by atoms with van der Waals surface area (Å²) in [6.45, 7) is 5.00. The van der Waals surface area contributed by atoms with E-state index in [4.69, 9.17) is 14.9 Å². The van der Waals surface area contributed by atoms with E-state index >= 15 is 0 Å². The quantitative estimate of drug-likeness (QED) is 0.599. The lowest BCUT2D eigenvalue weighted by Gasteiger charge is -2.10. The number of carbonyl (C=O) groups is 1. The third-order valence-electron chi connectivity index (χ3n) is 3.66. The monoisotopic (exact) mass is 368 g/mol. The van der Waals surface area contributed by atoms with E-state index in [1.165, 1.54) is 11.1 Å². The van der Waals surface area contributed by atoms with Crippen LogP contribution in [-0.4, -0.2) is 24.3 Å². The minimum atomic E-state index is -0.233. The molecule has 0 atom stereocenters. The second kappa shape index (κ2) is 8.10. The van der Waals surface area contributed by atoms with Crippen molar-refractivity contribution in [1.29, 1.82) is 5.41 Å². The maximum atomic E-state index is 11.6. The van der Waals surface area contributed by atoms with Crippen LogP contribution in [0.5, 0.6) is 11.5 Å². The Kier molecular flexibility index (Phi) is 5.63. The minimum absolute atomic E-state index is 0.157. The molecule has 3 rings (SSSR count). The van der Waals surface area contributed by atoms with E-state index in [1.54, 1.807) is 6.08 Å². The Bertz CT molecular complexity index is 840. The van der Waals surface area contributed by atoms with Crippen LogP contribution < -0.4 is 14.8 Å². The van der Waals surface area contributed by atoms with E-state index in [0.29, 0.717) is 18.1 Å². The van der Waals surface area contributed by atoms with E-state index in [2.05, 4.69) is 11.4 Å². The van der Waals surface area contributed by atoms with Gasteiger partial charge in [-0.15, -0.1) is 0 Å². The standard InChI is InChI=1S/C20H20N2O3S/c1-13-9-14(2)11-17(10-13)25-8-7-24-16-5-3-15(4-6-16)12-18-19(23)22-20(21)26-18/h3-6,9-12H,7-8H2,1-2H3,(H2,21,22,23)/b18-12-. The van der Waals surface area contributed by atoms with Crippen LogP contribution in [0.4, 0.5) is 0 Å². The predicted molar refractivity (Wildman–Crippen MR) is 105 cm³/mol. The van der Waals surface area contributed by atoms with Crippen molar-refractivity contribution in [3.05, 3.63) is 64.1 Å². The normalized spacial score (nSPS) is 15.2. The summed E-state index contributed by atoms with van der Waals surface area (Å²) in [6.07, 6.45) is 1.76. The van der Waals surface area contributed by atoms with Crippen LogP contribution in [0.25, 0.3) is 6.08 Å². The summed E-state index contributed by atoms with van der Waals surface area (Å²) in [6, 6.07) is 13.6. The van der Waals surface area contributed by atoms with Crippen molar-refractivity contribution in [3.8, 4) is 11.5 Å². The zero-order valence-electron chi connectivity index (χ0n) is 14.7. The second-order valence-corrected chi connectivity index (χ2v) is 7.04. The van der Waals surface area contributed by atoms with Gasteiger partial charge in [0.25, 0.3) is 5.91 Å². The number of rotatable bonds is 6. The van der Waals surface area contributed by atoms with Crippen molar-refractivity contribution in [3.63, 3.8) is 0 Å². The van der Waals surface area contributed by atoms with Crippen molar-refractivity contribution in [2.45, 2.75) is 13.8 Å². The average Bonchev–Trinajstić information content (AvgIpc) is 2.89. The largest absolute Gasteiger partial charge is 0.490 e. The molecule has 0 radical (unpaired) electrons. The van der Waals surface area contributed by atoms with Gasteiger partial charge in [0, 0.05) is 0 Å². The molecule has 0 saturated carbocycles. The highest BCUT2D eigenvalue weighted by atomic mass is 32.2. The van der Waals surface area contributed by atoms with E-state index in [0.717, 1.165) is 28.8 Å². The number of hydrogen-bond donors (Lipinski definition) is 2. The Balaban J connectivity index is 1.49. The Morgan fingerprint density at radius 2 is 1.62 bits per heavy atom. The Hall–Kier alpha value is -2.73. The van der Waals surface area contributed by atoms with Gasteiger partial charge in [-0.1, -0.05) is 18.2 Å². The van der Waals surface area contributed by atoms with E-state index in [1.807, 2.05) is 50.2 Å². The maximum Gasteiger partial charge on any atom is 0.264 e. The van der Waals surface area contributed by atoms with E-state index < -0.39 is 0 Å². The van der Waals surface area contributed by atoms with Crippen LogP contribution in [-0.2, 0) is 4.79 Å². The van der Waals surface area contributed by atoms with Crippen LogP contribution in [0, 0.1) is 19.3 Å². The molecular weight excluding hydrogens is 348 g/mol. The van der Waals surface area contributed by atoms with Crippen LogP contribution >= 0.6 is 11.8 Å². The van der Waals surface area contributed by atoms with Crippen molar-refractivity contribution in [2.24, 2.45) is 0 Å². The van der Waals surface area contributed by atoms with E-state index in [9.17, 15) is 4.79 Å². The van der Waals surface area contributed by atoms with Crippen LogP contribution in [0.1, 0.15) is 16.7 Å². The lowest BCUT2D eigenvalue weighted by atomic mass is 10.1. The number of amides is 1. The smallest absolute Gasteiger partial charge is 0.264 e. The number of thioether (sulfide) groups is 1. The topological polar surface area (TPSA) is 71.4 Å². The van der Waals surface area contributed by atoms with Gasteiger partial charge in [0.2, 0.25) is 0 Å². The summed E-state index contributed by atoms with van der Waals surface area (Å²) < 4.78 is 11.4. The molecule has 1 aliphatic rings. The van der Waals surface area contributed by atoms with Crippen LogP contribution in [0.2, 0.25) is 0 Å². The summed E-state index contributed by atoms with van der Waals surface area (Å²) in [5, 5.41) is 10.1. The molecule has 1 aliphatic heterocycles. The van der Waals surface area contributed by atoms with Crippen molar-refractivity contribution in [2.75, 3.05) is 13.2 Å². The molecule has 134 valence electrons. The van der Waals surface area contributed by atoms with Gasteiger partial charge in [-0.2, -0.15) is 0 Å². The molecular formula is C20H20N2O3S. The van der Waals surface area contributed by atoms with Gasteiger partial charge in [0.05, 0.1) is 4.91 Å². The third-order valence-corrected chi connectivity index (χ3v) is 4.49. The molecule has 0 spiro atoms. The first-order valence-corrected chi connectivity index (χ1v) is 9.05. The van der Waals surface area contributed by atoms with Crippen molar-refractivity contribution >= 4 is 28.9 Å². The molecule has 2 N–H and O–H groups in total. The lowest BCUT2D eigenvalue weighted by Crippen LogP contribution is -2.18. The summed E-state index contributed by atoms with van der Waals surface area (Å²) in [5.41, 5.74) is 3.24. The first kappa shape index (κ1) is 18.1. The van der Waals surface area contributed by atoms with Gasteiger partial charge in [0.1, 0.15) is 24.7 Å². The van der Waals surface area contributed by atoms with Crippen LogP contribution in [0.15, 0.2) is 47.4 Å². The SMILES string of the molecule is Cc1cc(C)cc(OCCOc2ccc(/C=C3\SC(=N)NC3=O)cc2)c1. The van der Waals surface area contributed by atoms with Gasteiger partial charge in [-0.25, -0.2) is 0 Å². The van der Waals surface area contributed by atoms with E-state index in [-0.39, 0.29) is 11.1 Å². The highest BCUT2D eigenvalue weighted by Crippen LogP contribution is 2.25. The fourth-order valence-corrected chi connectivity index (χ4v) is 3.29. The third kappa shape index (κ3) is 4.89. The lowest BCUT2D eigenvalue weighted by molar-refractivity contribution is -0.115. The maximum absolute atomic E-state index is 11.6. The summed E-state index contributed by atoms with van der Waals surface area (Å²) in [7, 11) is 0. The Morgan fingerprint density at radius 1 is 1.00 bits per heavy atom. The minimum Gasteiger partial charge on any atom is -0.490 e. The number of hydrogen-bond acceptors (Lipinski definition) is 5. The molecule has 5 nitrogen and oxygen atoms in total. The first-order chi connectivity index (χ1) is 12.5. The van der Waals surface area contributed by atoms with Crippen molar-refractivity contribution < 1.29 is 14.3 Å². The van der Waals surface area contributed by atoms with Crippen LogP contribution in [0.3, 0.4) is 0 Å². The zero-order chi connectivity index (χ0) is 18.5. The molecule has 1 fully saturated rings. The molecule has 0 aliphatic carbocycles. The molecule has 1 amide bonds. The highest BCUT2D eigenvalue weighted by Gasteiger charge is 2.21. The second-order valence-electron chi connectivity index (χ2n) is 5.98. The molecule has 6 heteroatoms. The summed E-state index contributed by atoms with van der Waals surface area (Å²) in [5.74, 6) is 1.36. The number of benzene rings is 2. The molecule has 0 aromatic heterocycles. The average molecular weight is 368 g/mol. The molecule has 0 bridgehead atoms. The predicted octanol–water partition coefficient (Wildman–Crippen LogP) is 3.90. The fraction of sp³-hybridized carbons (Fsp3) is 0.200. The number of amidine groups is 1. The van der Waals surface area contributed by atoms with Crippen molar-refractivity contribution in [1.82, 2.24) is 5.32 Å². The number of carbonyl (C=O) groups excluding carboxylic acids is 1. The molecule has 2 aromatic rings. The number of nitrogens with one attached hydrogen (secondary N) is 2. The van der Waals surface area contributed by atoms with Gasteiger partial charge in [0.15, 0.2) is 5.17 Å². The summed E-state index contributed by atoms with van der Waals surface area (Å²) >= 11 is 1.13. The highest BCUT2D eigenvalue weighted by molar-refractivity contribution is 8.18. The Labute approximate surface area is 156 Å². The molecule has 1 heterocycles. The first-order valence-electron chi connectivity index (χ1n) is 8.23. The Morgan fingerprint density at radius 3 is 2.19 bits per heavy atom. The van der Waals surface area contributed by atoms with Gasteiger partial charge < -0.3 is 14.8 Å². The molecule has 0 unspecified atom stereocenters. The molecule has 26 heavy (non-hydrogen) atoms. The van der Waals surface area contributed by atoms with Gasteiger partial charge in [-0.05, 0) is 72.6 Å². The summed E-state index contributed by atoms with van der Waals surface area (Å²) in [4.78, 5) is 12.1. The van der Waals surface area contributed by atoms with Gasteiger partial charge >= 0.3 is 0 Å². The number of ether oxygens (including phenoxy) is 2. The molecule has 2 aromatic carbocycles. The molecule has 1 saturated heterocycles.